The van der Waals surface area contributed by atoms with Crippen LogP contribution >= 0.6 is 12.6 Å². The maximum Gasteiger partial charge on any atom is 0.0681 e. The van der Waals surface area contributed by atoms with E-state index in [-0.39, 0.29) is 23.8 Å². The lowest BCUT2D eigenvalue weighted by atomic mass is 9.74. The SMILES string of the molecule is [3H]C1C2Cc3ccc(CO)cc3[C@@]1(S)CCN2C. The molecule has 17 heavy (non-hydrogen) atoms. The van der Waals surface area contributed by atoms with Gasteiger partial charge in [-0.15, -0.1) is 0 Å². The Morgan fingerprint density at radius 1 is 1.65 bits per heavy atom. The number of benzene rings is 1. The van der Waals surface area contributed by atoms with Crippen molar-refractivity contribution in [3.8, 4) is 0 Å². The van der Waals surface area contributed by atoms with Crippen LogP contribution in [0.3, 0.4) is 0 Å². The van der Waals surface area contributed by atoms with Crippen LogP contribution in [0.5, 0.6) is 0 Å². The summed E-state index contributed by atoms with van der Waals surface area (Å²) in [7, 11) is 2.10. The number of rotatable bonds is 1. The van der Waals surface area contributed by atoms with Crippen molar-refractivity contribution >= 4 is 12.6 Å². The molecule has 1 N–H and O–H groups in total. The molecule has 1 aliphatic carbocycles. The van der Waals surface area contributed by atoms with E-state index in [1.54, 1.807) is 0 Å². The Hall–Kier alpha value is -0.510. The van der Waals surface area contributed by atoms with Crippen molar-refractivity contribution in [2.75, 3.05) is 13.6 Å². The van der Waals surface area contributed by atoms with Crippen molar-refractivity contribution in [3.63, 3.8) is 0 Å². The molecule has 2 bridgehead atoms. The molecule has 92 valence electrons. The van der Waals surface area contributed by atoms with E-state index in [0.29, 0.717) is 0 Å². The summed E-state index contributed by atoms with van der Waals surface area (Å²) in [5.74, 6) is 0. The fraction of sp³-hybridized carbons (Fsp3) is 0.571. The maximum atomic E-state index is 9.28. The van der Waals surface area contributed by atoms with E-state index >= 15 is 0 Å². The Morgan fingerprint density at radius 3 is 3.24 bits per heavy atom. The zero-order valence-electron chi connectivity index (χ0n) is 11.1. The van der Waals surface area contributed by atoms with Gasteiger partial charge in [-0.2, -0.15) is 12.6 Å². The topological polar surface area (TPSA) is 23.5 Å². The van der Waals surface area contributed by atoms with Gasteiger partial charge in [0.1, 0.15) is 0 Å². The van der Waals surface area contributed by atoms with Gasteiger partial charge in [0.05, 0.1) is 6.61 Å². The quantitative estimate of drug-likeness (QED) is 0.745. The zero-order valence-corrected chi connectivity index (χ0v) is 11.0. The minimum Gasteiger partial charge on any atom is -0.392 e. The first-order chi connectivity index (χ1) is 8.56. The van der Waals surface area contributed by atoms with E-state index in [4.69, 9.17) is 14.0 Å². The number of likely N-dealkylation sites (N-methyl/N-ethyl adjacent to an activating group) is 1. The third-order valence-corrected chi connectivity index (χ3v) is 4.75. The Kier molecular flexibility index (Phi) is 2.46. The summed E-state index contributed by atoms with van der Waals surface area (Å²) >= 11 is 4.87. The molecule has 1 aliphatic heterocycles. The van der Waals surface area contributed by atoms with Crippen LogP contribution in [0, 0.1) is 0 Å². The third-order valence-electron chi connectivity index (χ3n) is 4.13. The van der Waals surface area contributed by atoms with Crippen LogP contribution in [0.2, 0.25) is 0 Å². The predicted molar refractivity (Wildman–Crippen MR) is 72.4 cm³/mol. The molecule has 0 aromatic heterocycles. The van der Waals surface area contributed by atoms with Gasteiger partial charge in [0.2, 0.25) is 0 Å². The Balaban J connectivity index is 2.13. The average Bonchev–Trinajstić information content (AvgIpc) is 2.38. The molecule has 0 spiro atoms. The third kappa shape index (κ3) is 1.81. The fourth-order valence-corrected chi connectivity index (χ4v) is 3.49. The summed E-state index contributed by atoms with van der Waals surface area (Å²) in [6.07, 6.45) is 1.63. The van der Waals surface area contributed by atoms with Crippen LogP contribution in [0.1, 0.15) is 30.9 Å². The van der Waals surface area contributed by atoms with Gasteiger partial charge in [-0.05, 0) is 49.5 Å². The number of aliphatic hydroxyl groups excluding tert-OH is 1. The molecule has 1 aromatic carbocycles. The van der Waals surface area contributed by atoms with E-state index in [0.717, 1.165) is 24.9 Å². The van der Waals surface area contributed by atoms with Gasteiger partial charge in [-0.3, -0.25) is 0 Å². The van der Waals surface area contributed by atoms with E-state index in [1.807, 2.05) is 12.1 Å². The summed E-state index contributed by atoms with van der Waals surface area (Å²) in [4.78, 5) is 2.29. The second kappa shape index (κ2) is 4.01. The van der Waals surface area contributed by atoms with E-state index in [9.17, 15) is 5.11 Å². The molecule has 1 saturated heterocycles. The number of hydrogen-bond acceptors (Lipinski definition) is 3. The monoisotopic (exact) mass is 251 g/mol. The van der Waals surface area contributed by atoms with Crippen molar-refractivity contribution in [1.29, 1.82) is 0 Å². The standard InChI is InChI=1S/C14H19NOS/c1-15-5-4-14(17)8-12(15)7-11-3-2-10(9-16)6-13(11)14/h2-3,6,12,16-17H,4-5,7-9H2,1H3/t12?,14-/m1/s1/i8T/t8?,12?,14-. The molecular weight excluding hydrogens is 230 g/mol. The second-order valence-electron chi connectivity index (χ2n) is 5.24. The first kappa shape index (κ1) is 10.4. The normalized spacial score (nSPS) is 37.5. The van der Waals surface area contributed by atoms with Gasteiger partial charge in [-0.1, -0.05) is 18.2 Å². The summed E-state index contributed by atoms with van der Waals surface area (Å²) in [6, 6.07) is 6.40. The molecule has 0 amide bonds. The Morgan fingerprint density at radius 2 is 2.47 bits per heavy atom. The van der Waals surface area contributed by atoms with Crippen LogP contribution in [0.25, 0.3) is 0 Å². The largest absolute Gasteiger partial charge is 0.392 e. The Labute approximate surface area is 109 Å². The van der Waals surface area contributed by atoms with Gasteiger partial charge in [0.25, 0.3) is 0 Å². The molecule has 1 aromatic rings. The van der Waals surface area contributed by atoms with Crippen LogP contribution in [-0.4, -0.2) is 29.6 Å². The van der Waals surface area contributed by atoms with Crippen LogP contribution in [-0.2, 0) is 17.8 Å². The summed E-state index contributed by atoms with van der Waals surface area (Å²) < 4.78 is 8.14. The smallest absolute Gasteiger partial charge is 0.0681 e. The highest BCUT2D eigenvalue weighted by Crippen LogP contribution is 2.47. The molecule has 3 rings (SSSR count). The molecule has 2 aliphatic rings. The molecular formula is C14H19NOS. The Bertz CT molecular complexity index is 481. The first-order valence-electron chi connectivity index (χ1n) is 6.72. The second-order valence-corrected chi connectivity index (χ2v) is 6.04. The highest BCUT2D eigenvalue weighted by molar-refractivity contribution is 7.81. The summed E-state index contributed by atoms with van der Waals surface area (Å²) in [5, 5.41) is 9.28. The van der Waals surface area contributed by atoms with Crippen molar-refractivity contribution in [2.24, 2.45) is 0 Å². The molecule has 0 saturated carbocycles. The minimum atomic E-state index is -0.351. The first-order valence-corrected chi connectivity index (χ1v) is 6.59. The van der Waals surface area contributed by atoms with Crippen LogP contribution in [0.4, 0.5) is 0 Å². The van der Waals surface area contributed by atoms with Gasteiger partial charge in [0, 0.05) is 12.2 Å². The molecule has 3 heteroatoms. The molecule has 2 unspecified atom stereocenters. The number of thiol groups is 1. The molecule has 0 radical (unpaired) electrons. The number of fused-ring (bicyclic) bond motifs is 4. The summed E-state index contributed by atoms with van der Waals surface area (Å²) in [6.45, 7) is 1.05. The zero-order chi connectivity index (χ0) is 12.9. The highest BCUT2D eigenvalue weighted by Gasteiger charge is 2.42. The van der Waals surface area contributed by atoms with Crippen molar-refractivity contribution in [1.82, 2.24) is 4.90 Å². The number of aliphatic hydroxyl groups is 1. The molecule has 1 heterocycles. The average molecular weight is 251 g/mol. The lowest BCUT2D eigenvalue weighted by molar-refractivity contribution is 0.145. The van der Waals surface area contributed by atoms with Crippen LogP contribution < -0.4 is 0 Å². The summed E-state index contributed by atoms with van der Waals surface area (Å²) in [5.41, 5.74) is 3.38. The van der Waals surface area contributed by atoms with Crippen molar-refractivity contribution in [2.45, 2.75) is 36.6 Å². The van der Waals surface area contributed by atoms with Gasteiger partial charge >= 0.3 is 0 Å². The number of nitrogens with zero attached hydrogens (tertiary/aromatic N) is 1. The lowest BCUT2D eigenvalue weighted by Gasteiger charge is -2.48. The molecule has 2 nitrogen and oxygen atoms in total. The van der Waals surface area contributed by atoms with Gasteiger partial charge in [0.15, 0.2) is 0 Å². The molecule has 1 fully saturated rings. The predicted octanol–water partition coefficient (Wildman–Crippen LogP) is 1.95. The fourth-order valence-electron chi connectivity index (χ4n) is 3.01. The van der Waals surface area contributed by atoms with Gasteiger partial charge in [-0.25, -0.2) is 0 Å². The lowest BCUT2D eigenvalue weighted by Crippen LogP contribution is -2.49. The van der Waals surface area contributed by atoms with Crippen molar-refractivity contribution in [3.05, 3.63) is 34.9 Å². The molecule has 3 atom stereocenters. The van der Waals surface area contributed by atoms with E-state index < -0.39 is 0 Å². The highest BCUT2D eigenvalue weighted by atomic mass is 32.1. The van der Waals surface area contributed by atoms with E-state index in [1.165, 1.54) is 11.1 Å². The van der Waals surface area contributed by atoms with Crippen molar-refractivity contribution < 1.29 is 6.48 Å². The van der Waals surface area contributed by atoms with Gasteiger partial charge < -0.3 is 10.0 Å². The number of piperidine rings is 1. The van der Waals surface area contributed by atoms with E-state index in [2.05, 4.69) is 18.0 Å². The minimum absolute atomic E-state index is 0.0587. The van der Waals surface area contributed by atoms with Crippen LogP contribution in [0.15, 0.2) is 18.2 Å². The number of hydrogen-bond donors (Lipinski definition) is 2. The number of likely N-dealkylation sites (tertiary alicyclic amines) is 1. The maximum absolute atomic E-state index is 9.28.